The van der Waals surface area contributed by atoms with E-state index in [0.717, 1.165) is 23.4 Å². The molecule has 3 rings (SSSR count). The third kappa shape index (κ3) is 6.13. The molecule has 0 radical (unpaired) electrons. The average molecular weight is 479 g/mol. The molecule has 0 aliphatic carbocycles. The number of nitrogens with zero attached hydrogens (tertiary/aromatic N) is 2. The van der Waals surface area contributed by atoms with Crippen molar-refractivity contribution >= 4 is 44.7 Å². The van der Waals surface area contributed by atoms with Gasteiger partial charge in [0.2, 0.25) is 0 Å². The highest BCUT2D eigenvalue weighted by Crippen LogP contribution is 2.21. The zero-order valence-corrected chi connectivity index (χ0v) is 19.1. The van der Waals surface area contributed by atoms with E-state index >= 15 is 0 Å². The molecular weight excluding hydrogens is 460 g/mol. The van der Waals surface area contributed by atoms with Gasteiger partial charge in [-0.05, 0) is 30.7 Å². The van der Waals surface area contributed by atoms with Crippen molar-refractivity contribution in [1.29, 1.82) is 0 Å². The fourth-order valence-electron chi connectivity index (χ4n) is 2.63. The van der Waals surface area contributed by atoms with Gasteiger partial charge in [-0.15, -0.1) is 11.3 Å². The number of ether oxygens (including phenoxy) is 1. The number of sulfone groups is 1. The summed E-state index contributed by atoms with van der Waals surface area (Å²) in [5, 5.41) is 1.83. The van der Waals surface area contributed by atoms with E-state index in [2.05, 4.69) is 4.99 Å². The molecule has 0 N–H and O–H groups in total. The molecule has 0 unspecified atom stereocenters. The molecule has 162 valence electrons. The minimum Gasteiger partial charge on any atom is -0.452 e. The second kappa shape index (κ2) is 9.59. The number of rotatable bonds is 6. The van der Waals surface area contributed by atoms with Crippen molar-refractivity contribution in [3.8, 4) is 0 Å². The highest BCUT2D eigenvalue weighted by molar-refractivity contribution is 7.90. The number of hydrogen-bond acceptors (Lipinski definition) is 6. The van der Waals surface area contributed by atoms with Crippen LogP contribution in [0.15, 0.2) is 63.9 Å². The summed E-state index contributed by atoms with van der Waals surface area (Å²) in [5.41, 5.74) is 2.08. The highest BCUT2D eigenvalue weighted by atomic mass is 35.5. The lowest BCUT2D eigenvalue weighted by atomic mass is 10.1. The number of carbonyl (C=O) groups is 2. The van der Waals surface area contributed by atoms with Crippen LogP contribution in [0.5, 0.6) is 0 Å². The predicted octanol–water partition coefficient (Wildman–Crippen LogP) is 3.25. The highest BCUT2D eigenvalue weighted by Gasteiger charge is 2.17. The fraction of sp³-hybridized carbons (Fsp3) is 0.190. The molecular formula is C21H19ClN2O5S2. The lowest BCUT2D eigenvalue weighted by molar-refractivity contribution is -0.121. The first kappa shape index (κ1) is 22.9. The molecule has 10 heteroatoms. The number of thiazole rings is 1. The third-order valence-corrected chi connectivity index (χ3v) is 6.50. The van der Waals surface area contributed by atoms with Crippen LogP contribution in [-0.2, 0) is 25.9 Å². The topological polar surface area (TPSA) is 94.8 Å². The van der Waals surface area contributed by atoms with Gasteiger partial charge in [-0.3, -0.25) is 4.79 Å². The molecule has 1 heterocycles. The van der Waals surface area contributed by atoms with Gasteiger partial charge >= 0.3 is 5.97 Å². The van der Waals surface area contributed by atoms with E-state index in [9.17, 15) is 18.0 Å². The van der Waals surface area contributed by atoms with Crippen molar-refractivity contribution in [2.24, 2.45) is 4.99 Å². The summed E-state index contributed by atoms with van der Waals surface area (Å²) in [5.74, 6) is -1.55. The summed E-state index contributed by atoms with van der Waals surface area (Å²) < 4.78 is 30.2. The normalized spacial score (nSPS) is 12.0. The molecule has 0 fully saturated rings. The molecule has 0 saturated carbocycles. The Morgan fingerprint density at radius 2 is 1.87 bits per heavy atom. The van der Waals surface area contributed by atoms with Gasteiger partial charge in [0.05, 0.1) is 15.5 Å². The summed E-state index contributed by atoms with van der Waals surface area (Å²) in [6.45, 7) is 1.96. The van der Waals surface area contributed by atoms with Crippen LogP contribution in [0.25, 0.3) is 0 Å². The Morgan fingerprint density at radius 1 is 1.16 bits per heavy atom. The van der Waals surface area contributed by atoms with E-state index in [4.69, 9.17) is 16.3 Å². The zero-order valence-electron chi connectivity index (χ0n) is 16.7. The lowest BCUT2D eigenvalue weighted by Crippen LogP contribution is -2.20. The minimum absolute atomic E-state index is 0.0241. The maximum absolute atomic E-state index is 12.3. The van der Waals surface area contributed by atoms with Crippen molar-refractivity contribution in [3.63, 3.8) is 0 Å². The number of aryl methyl sites for hydroxylation is 1. The second-order valence-electron chi connectivity index (χ2n) is 6.79. The van der Waals surface area contributed by atoms with Crippen molar-refractivity contribution in [2.45, 2.75) is 18.4 Å². The zero-order chi connectivity index (χ0) is 22.6. The van der Waals surface area contributed by atoms with E-state index < -0.39 is 28.3 Å². The fourth-order valence-corrected chi connectivity index (χ4v) is 4.22. The Balaban J connectivity index is 1.70. The van der Waals surface area contributed by atoms with Crippen LogP contribution in [0.4, 0.5) is 0 Å². The number of benzene rings is 2. The smallest absolute Gasteiger partial charge is 0.340 e. The Bertz CT molecular complexity index is 1290. The Hall–Kier alpha value is -2.75. The van der Waals surface area contributed by atoms with E-state index in [0.29, 0.717) is 11.3 Å². The van der Waals surface area contributed by atoms with Crippen LogP contribution in [0.2, 0.25) is 5.02 Å². The van der Waals surface area contributed by atoms with E-state index in [-0.39, 0.29) is 15.5 Å². The number of esters is 1. The number of aromatic nitrogens is 1. The van der Waals surface area contributed by atoms with Gasteiger partial charge < -0.3 is 9.30 Å². The molecule has 0 bridgehead atoms. The SMILES string of the molecule is Cc1ccc(Cn2ccsc2=NC(=O)COC(=O)c2cc(S(C)(=O)=O)ccc2Cl)cc1. The quantitative estimate of drug-likeness (QED) is 0.507. The molecule has 3 aromatic rings. The molecule has 0 spiro atoms. The van der Waals surface area contributed by atoms with E-state index in [1.54, 1.807) is 0 Å². The monoisotopic (exact) mass is 478 g/mol. The van der Waals surface area contributed by atoms with Gasteiger partial charge in [-0.2, -0.15) is 4.99 Å². The summed E-state index contributed by atoms with van der Waals surface area (Å²) >= 11 is 7.26. The molecule has 0 atom stereocenters. The third-order valence-electron chi connectivity index (χ3n) is 4.27. The molecule has 7 nitrogen and oxygen atoms in total. The summed E-state index contributed by atoms with van der Waals surface area (Å²) in [4.78, 5) is 28.9. The van der Waals surface area contributed by atoms with Gasteiger partial charge in [-0.25, -0.2) is 13.2 Å². The van der Waals surface area contributed by atoms with Crippen molar-refractivity contribution in [3.05, 3.63) is 80.6 Å². The Kier molecular flexibility index (Phi) is 7.09. The molecule has 2 aromatic carbocycles. The summed E-state index contributed by atoms with van der Waals surface area (Å²) in [6, 6.07) is 11.7. The lowest BCUT2D eigenvalue weighted by Gasteiger charge is -2.06. The van der Waals surface area contributed by atoms with Crippen molar-refractivity contribution < 1.29 is 22.7 Å². The number of halogens is 1. The van der Waals surface area contributed by atoms with Crippen LogP contribution in [0, 0.1) is 6.92 Å². The van der Waals surface area contributed by atoms with Gasteiger partial charge in [0.1, 0.15) is 0 Å². The van der Waals surface area contributed by atoms with Crippen molar-refractivity contribution in [2.75, 3.05) is 12.9 Å². The maximum Gasteiger partial charge on any atom is 0.340 e. The largest absolute Gasteiger partial charge is 0.452 e. The van der Waals surface area contributed by atoms with Gasteiger partial charge in [0.15, 0.2) is 21.2 Å². The first-order valence-corrected chi connectivity index (χ1v) is 12.2. The standard InChI is InChI=1S/C21H19ClN2O5S2/c1-14-3-5-15(6-4-14)12-24-9-10-30-21(24)23-19(25)13-29-20(26)17-11-16(31(2,27)28)7-8-18(17)22/h3-11H,12-13H2,1-2H3. The molecule has 0 aliphatic heterocycles. The summed E-state index contributed by atoms with van der Waals surface area (Å²) in [7, 11) is -3.53. The maximum atomic E-state index is 12.3. The molecule has 1 amide bonds. The minimum atomic E-state index is -3.53. The first-order valence-electron chi connectivity index (χ1n) is 9.07. The Labute approximate surface area is 188 Å². The van der Waals surface area contributed by atoms with Crippen LogP contribution >= 0.6 is 22.9 Å². The Morgan fingerprint density at radius 3 is 2.55 bits per heavy atom. The molecule has 0 saturated heterocycles. The van der Waals surface area contributed by atoms with Crippen molar-refractivity contribution in [1.82, 2.24) is 4.57 Å². The first-order chi connectivity index (χ1) is 14.6. The molecule has 1 aromatic heterocycles. The van der Waals surface area contributed by atoms with E-state index in [1.807, 2.05) is 47.3 Å². The van der Waals surface area contributed by atoms with E-state index in [1.165, 1.54) is 23.5 Å². The van der Waals surface area contributed by atoms with Crippen LogP contribution in [-0.4, -0.2) is 37.7 Å². The van der Waals surface area contributed by atoms with Crippen LogP contribution < -0.4 is 4.80 Å². The van der Waals surface area contributed by atoms with Gasteiger partial charge in [0, 0.05) is 24.4 Å². The second-order valence-corrected chi connectivity index (χ2v) is 10.1. The molecule has 31 heavy (non-hydrogen) atoms. The average Bonchev–Trinajstić information content (AvgIpc) is 3.13. The number of hydrogen-bond donors (Lipinski definition) is 0. The number of amides is 1. The van der Waals surface area contributed by atoms with Gasteiger partial charge in [0.25, 0.3) is 5.91 Å². The predicted molar refractivity (Wildman–Crippen MR) is 118 cm³/mol. The number of carbonyl (C=O) groups excluding carboxylic acids is 2. The van der Waals surface area contributed by atoms with Crippen LogP contribution in [0.3, 0.4) is 0 Å². The molecule has 0 aliphatic rings. The van der Waals surface area contributed by atoms with Crippen LogP contribution in [0.1, 0.15) is 21.5 Å². The van der Waals surface area contributed by atoms with Gasteiger partial charge in [-0.1, -0.05) is 41.4 Å². The summed E-state index contributed by atoms with van der Waals surface area (Å²) in [6.07, 6.45) is 2.83.